The van der Waals surface area contributed by atoms with Crippen molar-refractivity contribution in [1.82, 2.24) is 9.97 Å². The van der Waals surface area contributed by atoms with Crippen LogP contribution in [0.1, 0.15) is 24.1 Å². The molecule has 1 heterocycles. The third-order valence-corrected chi connectivity index (χ3v) is 3.79. The Hall–Kier alpha value is -1.42. The molecule has 0 unspecified atom stereocenters. The van der Waals surface area contributed by atoms with Crippen LogP contribution in [0.2, 0.25) is 0 Å². The first-order valence-electron chi connectivity index (χ1n) is 6.15. The van der Waals surface area contributed by atoms with Crippen LogP contribution in [0.3, 0.4) is 0 Å². The average molecular weight is 304 g/mol. The van der Waals surface area contributed by atoms with Gasteiger partial charge in [0, 0.05) is 21.3 Å². The summed E-state index contributed by atoms with van der Waals surface area (Å²) in [6.45, 7) is 0. The van der Waals surface area contributed by atoms with Gasteiger partial charge in [-0.15, -0.1) is 0 Å². The number of nitrogen functional groups attached to an aromatic ring is 1. The molecular formula is C14H14BrN3. The topological polar surface area (TPSA) is 51.8 Å². The Labute approximate surface area is 115 Å². The first kappa shape index (κ1) is 11.7. The van der Waals surface area contributed by atoms with Gasteiger partial charge in [0.1, 0.15) is 5.82 Å². The second-order valence-electron chi connectivity index (χ2n) is 4.58. The van der Waals surface area contributed by atoms with Crippen molar-refractivity contribution in [2.24, 2.45) is 0 Å². The first-order chi connectivity index (χ1) is 8.74. The predicted molar refractivity (Wildman–Crippen MR) is 76.2 cm³/mol. The van der Waals surface area contributed by atoms with Gasteiger partial charge in [-0.25, -0.2) is 9.97 Å². The molecule has 2 aromatic rings. The summed E-state index contributed by atoms with van der Waals surface area (Å²) in [5.74, 6) is 1.38. The maximum Gasteiger partial charge on any atom is 0.161 e. The standard InChI is InChI=1S/C14H14BrN3/c15-10-5-3-4-9(8-10)14-17-12-7-2-1-6-11(12)13(16)18-14/h3-5,8H,1-2,6-7H2,(H2,16,17,18). The summed E-state index contributed by atoms with van der Waals surface area (Å²) < 4.78 is 1.03. The molecule has 3 rings (SSSR count). The van der Waals surface area contributed by atoms with E-state index in [2.05, 4.69) is 25.9 Å². The molecule has 0 saturated heterocycles. The van der Waals surface area contributed by atoms with Crippen LogP contribution < -0.4 is 5.73 Å². The van der Waals surface area contributed by atoms with Crippen molar-refractivity contribution in [1.29, 1.82) is 0 Å². The van der Waals surface area contributed by atoms with Gasteiger partial charge < -0.3 is 5.73 Å². The number of hydrogen-bond donors (Lipinski definition) is 1. The molecule has 2 N–H and O–H groups in total. The Morgan fingerprint density at radius 1 is 1.11 bits per heavy atom. The minimum absolute atomic E-state index is 0.648. The van der Waals surface area contributed by atoms with Crippen molar-refractivity contribution in [2.45, 2.75) is 25.7 Å². The second-order valence-corrected chi connectivity index (χ2v) is 5.49. The van der Waals surface area contributed by atoms with E-state index in [1.807, 2.05) is 24.3 Å². The van der Waals surface area contributed by atoms with Crippen LogP contribution in [0.25, 0.3) is 11.4 Å². The number of rotatable bonds is 1. The molecule has 0 aliphatic heterocycles. The Morgan fingerprint density at radius 2 is 1.94 bits per heavy atom. The molecule has 0 amide bonds. The summed E-state index contributed by atoms with van der Waals surface area (Å²) in [5, 5.41) is 0. The van der Waals surface area contributed by atoms with E-state index in [9.17, 15) is 0 Å². The Bertz CT molecular complexity index is 596. The summed E-state index contributed by atoms with van der Waals surface area (Å²) in [7, 11) is 0. The summed E-state index contributed by atoms with van der Waals surface area (Å²) in [6.07, 6.45) is 4.42. The molecular weight excluding hydrogens is 290 g/mol. The molecule has 0 spiro atoms. The third kappa shape index (κ3) is 2.12. The quantitative estimate of drug-likeness (QED) is 0.879. The zero-order valence-electron chi connectivity index (χ0n) is 9.99. The summed E-state index contributed by atoms with van der Waals surface area (Å²) in [5.41, 5.74) is 9.34. The van der Waals surface area contributed by atoms with Crippen molar-refractivity contribution in [3.63, 3.8) is 0 Å². The largest absolute Gasteiger partial charge is 0.383 e. The fraction of sp³-hybridized carbons (Fsp3) is 0.286. The number of hydrogen-bond acceptors (Lipinski definition) is 3. The highest BCUT2D eigenvalue weighted by Gasteiger charge is 2.16. The van der Waals surface area contributed by atoms with Gasteiger partial charge in [-0.2, -0.15) is 0 Å². The zero-order chi connectivity index (χ0) is 12.5. The summed E-state index contributed by atoms with van der Waals surface area (Å²) in [4.78, 5) is 9.12. The molecule has 0 fully saturated rings. The normalized spacial score (nSPS) is 14.3. The van der Waals surface area contributed by atoms with Gasteiger partial charge >= 0.3 is 0 Å². The minimum Gasteiger partial charge on any atom is -0.383 e. The highest BCUT2D eigenvalue weighted by Crippen LogP contribution is 2.27. The fourth-order valence-electron chi connectivity index (χ4n) is 2.38. The lowest BCUT2D eigenvalue weighted by molar-refractivity contribution is 0.666. The lowest BCUT2D eigenvalue weighted by Gasteiger charge is -2.17. The molecule has 18 heavy (non-hydrogen) atoms. The Balaban J connectivity index is 2.11. The number of benzene rings is 1. The van der Waals surface area contributed by atoms with Crippen molar-refractivity contribution in [2.75, 3.05) is 5.73 Å². The maximum atomic E-state index is 6.05. The van der Waals surface area contributed by atoms with Crippen molar-refractivity contribution in [3.8, 4) is 11.4 Å². The number of anilines is 1. The molecule has 1 aromatic carbocycles. The molecule has 3 nitrogen and oxygen atoms in total. The number of nitrogens with two attached hydrogens (primary N) is 1. The van der Waals surface area contributed by atoms with Crippen LogP contribution in [0.15, 0.2) is 28.7 Å². The lowest BCUT2D eigenvalue weighted by atomic mass is 9.96. The molecule has 92 valence electrons. The van der Waals surface area contributed by atoms with E-state index in [4.69, 9.17) is 5.73 Å². The Morgan fingerprint density at radius 3 is 2.78 bits per heavy atom. The van der Waals surface area contributed by atoms with Gasteiger partial charge in [0.25, 0.3) is 0 Å². The van der Waals surface area contributed by atoms with E-state index in [1.54, 1.807) is 0 Å². The number of fused-ring (bicyclic) bond motifs is 1. The van der Waals surface area contributed by atoms with Crippen molar-refractivity contribution < 1.29 is 0 Å². The number of aromatic nitrogens is 2. The molecule has 1 aliphatic rings. The molecule has 1 aromatic heterocycles. The average Bonchev–Trinajstić information content (AvgIpc) is 2.39. The number of nitrogens with zero attached hydrogens (tertiary/aromatic N) is 2. The van der Waals surface area contributed by atoms with Gasteiger partial charge in [0.2, 0.25) is 0 Å². The highest BCUT2D eigenvalue weighted by molar-refractivity contribution is 9.10. The highest BCUT2D eigenvalue weighted by atomic mass is 79.9. The van der Waals surface area contributed by atoms with E-state index in [-0.39, 0.29) is 0 Å². The van der Waals surface area contributed by atoms with Gasteiger partial charge in [0.05, 0.1) is 0 Å². The number of aryl methyl sites for hydroxylation is 1. The molecule has 0 bridgehead atoms. The lowest BCUT2D eigenvalue weighted by Crippen LogP contribution is -2.11. The summed E-state index contributed by atoms with van der Waals surface area (Å²) >= 11 is 3.47. The molecule has 1 aliphatic carbocycles. The third-order valence-electron chi connectivity index (χ3n) is 3.30. The Kier molecular flexibility index (Phi) is 3.04. The van der Waals surface area contributed by atoms with E-state index in [0.29, 0.717) is 5.82 Å². The molecule has 0 atom stereocenters. The van der Waals surface area contributed by atoms with Gasteiger partial charge in [0.15, 0.2) is 5.82 Å². The van der Waals surface area contributed by atoms with Crippen molar-refractivity contribution in [3.05, 3.63) is 40.0 Å². The van der Waals surface area contributed by atoms with Crippen molar-refractivity contribution >= 4 is 21.7 Å². The van der Waals surface area contributed by atoms with E-state index < -0.39 is 0 Å². The monoisotopic (exact) mass is 303 g/mol. The molecule has 4 heteroatoms. The second kappa shape index (κ2) is 4.69. The number of halogens is 1. The maximum absolute atomic E-state index is 6.05. The van der Waals surface area contributed by atoms with E-state index >= 15 is 0 Å². The van der Waals surface area contributed by atoms with Crippen LogP contribution in [-0.2, 0) is 12.8 Å². The SMILES string of the molecule is Nc1nc(-c2cccc(Br)c2)nc2c1CCCC2. The minimum atomic E-state index is 0.648. The van der Waals surface area contributed by atoms with Crippen LogP contribution in [0.5, 0.6) is 0 Å². The van der Waals surface area contributed by atoms with Crippen LogP contribution in [-0.4, -0.2) is 9.97 Å². The van der Waals surface area contributed by atoms with Gasteiger partial charge in [-0.05, 0) is 37.8 Å². The summed E-state index contributed by atoms with van der Waals surface area (Å²) in [6, 6.07) is 8.00. The molecule has 0 radical (unpaired) electrons. The van der Waals surface area contributed by atoms with Crippen LogP contribution in [0, 0.1) is 0 Å². The fourth-order valence-corrected chi connectivity index (χ4v) is 2.78. The first-order valence-corrected chi connectivity index (χ1v) is 6.94. The predicted octanol–water partition coefficient (Wildman–Crippen LogP) is 3.37. The smallest absolute Gasteiger partial charge is 0.161 e. The van der Waals surface area contributed by atoms with Gasteiger partial charge in [-0.3, -0.25) is 0 Å². The molecule has 0 saturated carbocycles. The van der Waals surface area contributed by atoms with E-state index in [1.165, 1.54) is 12.8 Å². The van der Waals surface area contributed by atoms with Gasteiger partial charge in [-0.1, -0.05) is 28.1 Å². The van der Waals surface area contributed by atoms with Crippen LogP contribution >= 0.6 is 15.9 Å². The van der Waals surface area contributed by atoms with E-state index in [0.717, 1.165) is 40.0 Å². The zero-order valence-corrected chi connectivity index (χ0v) is 11.6. The van der Waals surface area contributed by atoms with Crippen LogP contribution in [0.4, 0.5) is 5.82 Å².